The van der Waals surface area contributed by atoms with Gasteiger partial charge < -0.3 is 0 Å². The highest BCUT2D eigenvalue weighted by atomic mass is 79.9. The average molecular weight is 296 g/mol. The van der Waals surface area contributed by atoms with Crippen LogP contribution in [0.1, 0.15) is 51.4 Å². The molecule has 0 saturated heterocycles. The van der Waals surface area contributed by atoms with Gasteiger partial charge in [-0.2, -0.15) is 0 Å². The van der Waals surface area contributed by atoms with E-state index in [1.54, 1.807) is 0 Å². The molecule has 0 heterocycles. The Balaban J connectivity index is 2.43. The van der Waals surface area contributed by atoms with Crippen molar-refractivity contribution in [1.82, 2.24) is 0 Å². The minimum Gasteiger partial charge on any atom is -0.0548 e. The van der Waals surface area contributed by atoms with E-state index in [-0.39, 0.29) is 0 Å². The lowest BCUT2D eigenvalue weighted by atomic mass is 10.1. The Morgan fingerprint density at radius 2 is 0.917 bits per heavy atom. The molecule has 0 amide bonds. The minimum atomic E-state index is 1.22. The Morgan fingerprint density at radius 3 is 1.33 bits per heavy atom. The van der Waals surface area contributed by atoms with Gasteiger partial charge in [0.15, 0.2) is 0 Å². The van der Waals surface area contributed by atoms with E-state index in [1.807, 2.05) is 0 Å². The molecule has 0 aromatic rings. The van der Waals surface area contributed by atoms with Crippen LogP contribution in [0.25, 0.3) is 0 Å². The van der Waals surface area contributed by atoms with Crippen LogP contribution in [-0.4, -0.2) is 0 Å². The van der Waals surface area contributed by atoms with E-state index in [1.165, 1.54) is 60.3 Å². The zero-order chi connectivity index (χ0) is 8.81. The molecule has 0 N–H and O–H groups in total. The van der Waals surface area contributed by atoms with Crippen molar-refractivity contribution in [3.05, 3.63) is 8.96 Å². The number of hydrogen-bond donors (Lipinski definition) is 0. The van der Waals surface area contributed by atoms with Crippen molar-refractivity contribution in [2.75, 3.05) is 0 Å². The lowest BCUT2D eigenvalue weighted by molar-refractivity contribution is 0.590. The van der Waals surface area contributed by atoms with Crippen LogP contribution in [0.4, 0.5) is 0 Å². The molecular formula is C10H16Br2. The molecular weight excluding hydrogens is 280 g/mol. The van der Waals surface area contributed by atoms with E-state index >= 15 is 0 Å². The average Bonchev–Trinajstić information content (AvgIpc) is 2.08. The molecule has 1 rings (SSSR count). The molecule has 0 aliphatic heterocycles. The van der Waals surface area contributed by atoms with Crippen LogP contribution in [0.2, 0.25) is 0 Å². The maximum Gasteiger partial charge on any atom is 0.00518 e. The number of halogens is 2. The Kier molecular flexibility index (Phi) is 5.57. The molecule has 2 heteroatoms. The third kappa shape index (κ3) is 4.08. The van der Waals surface area contributed by atoms with Gasteiger partial charge in [0.1, 0.15) is 0 Å². The summed E-state index contributed by atoms with van der Waals surface area (Å²) in [4.78, 5) is 0. The first-order valence-electron chi connectivity index (χ1n) is 4.84. The quantitative estimate of drug-likeness (QED) is 0.582. The summed E-state index contributed by atoms with van der Waals surface area (Å²) in [7, 11) is 0. The Labute approximate surface area is 92.1 Å². The number of hydrogen-bond acceptors (Lipinski definition) is 0. The van der Waals surface area contributed by atoms with Gasteiger partial charge in [-0.05, 0) is 25.7 Å². The third-order valence-electron chi connectivity index (χ3n) is 2.34. The molecule has 1 aliphatic carbocycles. The highest BCUT2D eigenvalue weighted by Crippen LogP contribution is 2.29. The first-order valence-corrected chi connectivity index (χ1v) is 6.42. The van der Waals surface area contributed by atoms with Gasteiger partial charge in [0.25, 0.3) is 0 Å². The molecule has 0 bridgehead atoms. The molecule has 0 fully saturated rings. The summed E-state index contributed by atoms with van der Waals surface area (Å²) < 4.78 is 2.79. The summed E-state index contributed by atoms with van der Waals surface area (Å²) in [5.74, 6) is 0. The zero-order valence-electron chi connectivity index (χ0n) is 7.41. The van der Waals surface area contributed by atoms with Crippen molar-refractivity contribution < 1.29 is 0 Å². The normalized spacial score (nSPS) is 22.5. The summed E-state index contributed by atoms with van der Waals surface area (Å²) in [6.07, 6.45) is 10.8. The molecule has 0 atom stereocenters. The van der Waals surface area contributed by atoms with Gasteiger partial charge in [0.2, 0.25) is 0 Å². The standard InChI is InChI=1S/C10H16Br2/c11-9-7-5-3-1-2-4-6-8-10(9)12/h1-8H2. The summed E-state index contributed by atoms with van der Waals surface area (Å²) >= 11 is 7.26. The molecule has 70 valence electrons. The van der Waals surface area contributed by atoms with Gasteiger partial charge in [-0.3, -0.25) is 0 Å². The summed E-state index contributed by atoms with van der Waals surface area (Å²) in [6, 6.07) is 0. The molecule has 0 spiro atoms. The molecule has 0 saturated carbocycles. The Bertz CT molecular complexity index is 143. The number of rotatable bonds is 0. The Morgan fingerprint density at radius 1 is 0.583 bits per heavy atom. The predicted octanol–water partition coefficient (Wildman–Crippen LogP) is 5.12. The number of allylic oxidation sites excluding steroid dienone is 2. The van der Waals surface area contributed by atoms with Crippen LogP contribution in [-0.2, 0) is 0 Å². The maximum atomic E-state index is 3.63. The van der Waals surface area contributed by atoms with Gasteiger partial charge in [0.05, 0.1) is 0 Å². The van der Waals surface area contributed by atoms with E-state index < -0.39 is 0 Å². The van der Waals surface area contributed by atoms with Gasteiger partial charge >= 0.3 is 0 Å². The van der Waals surface area contributed by atoms with Crippen molar-refractivity contribution >= 4 is 31.9 Å². The van der Waals surface area contributed by atoms with Crippen LogP contribution in [0.3, 0.4) is 0 Å². The van der Waals surface area contributed by atoms with Gasteiger partial charge in [-0.25, -0.2) is 0 Å². The van der Waals surface area contributed by atoms with Gasteiger partial charge in [-0.1, -0.05) is 57.5 Å². The summed E-state index contributed by atoms with van der Waals surface area (Å²) in [5, 5.41) is 0. The van der Waals surface area contributed by atoms with Crippen LogP contribution in [0.15, 0.2) is 8.96 Å². The highest BCUT2D eigenvalue weighted by molar-refractivity contribution is 9.14. The SMILES string of the molecule is BrC1=C(Br)CCCCCCCC1. The molecule has 0 nitrogen and oxygen atoms in total. The second kappa shape index (κ2) is 6.20. The maximum absolute atomic E-state index is 3.63. The summed E-state index contributed by atoms with van der Waals surface area (Å²) in [5.41, 5.74) is 0. The first kappa shape index (κ1) is 10.8. The summed E-state index contributed by atoms with van der Waals surface area (Å²) in [6.45, 7) is 0. The second-order valence-electron chi connectivity index (χ2n) is 3.43. The Hall–Kier alpha value is 0.700. The van der Waals surface area contributed by atoms with Crippen molar-refractivity contribution in [3.8, 4) is 0 Å². The van der Waals surface area contributed by atoms with E-state index in [9.17, 15) is 0 Å². The highest BCUT2D eigenvalue weighted by Gasteiger charge is 2.03. The largest absolute Gasteiger partial charge is 0.0548 e. The van der Waals surface area contributed by atoms with Crippen molar-refractivity contribution in [2.24, 2.45) is 0 Å². The molecule has 0 aromatic heterocycles. The van der Waals surface area contributed by atoms with Gasteiger partial charge in [-0.15, -0.1) is 0 Å². The van der Waals surface area contributed by atoms with Crippen LogP contribution >= 0.6 is 31.9 Å². The van der Waals surface area contributed by atoms with E-state index in [4.69, 9.17) is 0 Å². The molecule has 0 radical (unpaired) electrons. The predicted molar refractivity (Wildman–Crippen MR) is 61.8 cm³/mol. The van der Waals surface area contributed by atoms with Crippen LogP contribution < -0.4 is 0 Å². The van der Waals surface area contributed by atoms with Gasteiger partial charge in [0, 0.05) is 8.96 Å². The molecule has 1 aliphatic rings. The van der Waals surface area contributed by atoms with E-state index in [0.717, 1.165) is 0 Å². The van der Waals surface area contributed by atoms with Crippen molar-refractivity contribution in [2.45, 2.75) is 51.4 Å². The fourth-order valence-electron chi connectivity index (χ4n) is 1.54. The fraction of sp³-hybridized carbons (Fsp3) is 0.800. The zero-order valence-corrected chi connectivity index (χ0v) is 10.6. The fourth-order valence-corrected chi connectivity index (χ4v) is 2.50. The molecule has 0 unspecified atom stereocenters. The first-order chi connectivity index (χ1) is 5.80. The molecule has 12 heavy (non-hydrogen) atoms. The minimum absolute atomic E-state index is 1.22. The lowest BCUT2D eigenvalue weighted by Gasteiger charge is -2.08. The van der Waals surface area contributed by atoms with Crippen molar-refractivity contribution in [1.29, 1.82) is 0 Å². The second-order valence-corrected chi connectivity index (χ2v) is 5.35. The topological polar surface area (TPSA) is 0 Å². The third-order valence-corrected chi connectivity index (χ3v) is 4.62. The monoisotopic (exact) mass is 294 g/mol. The lowest BCUT2D eigenvalue weighted by Crippen LogP contribution is -1.87. The molecule has 0 aromatic carbocycles. The van der Waals surface area contributed by atoms with Crippen LogP contribution in [0, 0.1) is 0 Å². The van der Waals surface area contributed by atoms with E-state index in [0.29, 0.717) is 0 Å². The van der Waals surface area contributed by atoms with E-state index in [2.05, 4.69) is 31.9 Å². The van der Waals surface area contributed by atoms with Crippen molar-refractivity contribution in [3.63, 3.8) is 0 Å². The van der Waals surface area contributed by atoms with Crippen LogP contribution in [0.5, 0.6) is 0 Å². The smallest absolute Gasteiger partial charge is 0.00518 e.